The number of nitrogens with zero attached hydrogens (tertiary/aromatic N) is 2. The first-order valence-electron chi connectivity index (χ1n) is 5.68. The third-order valence-corrected chi connectivity index (χ3v) is 6.32. The number of hydrazine groups is 1. The van der Waals surface area contributed by atoms with Gasteiger partial charge in [0.15, 0.2) is 5.82 Å². The summed E-state index contributed by atoms with van der Waals surface area (Å²) in [7, 11) is -3.55. The van der Waals surface area contributed by atoms with Crippen LogP contribution in [0.2, 0.25) is 5.02 Å². The highest BCUT2D eigenvalue weighted by Gasteiger charge is 2.31. The normalized spacial score (nSPS) is 21.3. The van der Waals surface area contributed by atoms with Crippen molar-refractivity contribution in [3.05, 3.63) is 17.3 Å². The zero-order valence-corrected chi connectivity index (χ0v) is 12.7. The molecule has 1 aromatic rings. The first-order valence-corrected chi connectivity index (χ1v) is 8.66. The molecule has 1 saturated heterocycles. The van der Waals surface area contributed by atoms with Crippen molar-refractivity contribution < 1.29 is 8.42 Å². The fourth-order valence-electron chi connectivity index (χ4n) is 1.87. The van der Waals surface area contributed by atoms with Gasteiger partial charge in [0, 0.05) is 30.3 Å². The Labute approximate surface area is 121 Å². The van der Waals surface area contributed by atoms with E-state index in [0.717, 1.165) is 11.5 Å². The van der Waals surface area contributed by atoms with Gasteiger partial charge in [0.25, 0.3) is 0 Å². The van der Waals surface area contributed by atoms with E-state index in [1.165, 1.54) is 16.6 Å². The lowest BCUT2D eigenvalue weighted by atomic mass is 10.4. The van der Waals surface area contributed by atoms with Crippen LogP contribution < -0.4 is 11.3 Å². The number of halogens is 1. The SMILES string of the molecule is CC1CSCCN1S(=O)(=O)c1cnc(NN)c(Cl)c1. The van der Waals surface area contributed by atoms with Crippen LogP contribution in [0.15, 0.2) is 17.2 Å². The molecule has 0 amide bonds. The fourth-order valence-corrected chi connectivity index (χ4v) is 4.98. The highest BCUT2D eigenvalue weighted by atomic mass is 35.5. The molecule has 0 saturated carbocycles. The zero-order valence-electron chi connectivity index (χ0n) is 10.3. The molecule has 1 aliphatic rings. The molecule has 1 atom stereocenters. The van der Waals surface area contributed by atoms with Crippen molar-refractivity contribution in [2.24, 2.45) is 5.84 Å². The Balaban J connectivity index is 2.36. The van der Waals surface area contributed by atoms with Crippen LogP contribution in [-0.2, 0) is 10.0 Å². The summed E-state index contributed by atoms with van der Waals surface area (Å²) in [6, 6.07) is 1.34. The van der Waals surface area contributed by atoms with E-state index in [1.54, 1.807) is 11.8 Å². The van der Waals surface area contributed by atoms with Crippen LogP contribution >= 0.6 is 23.4 Å². The second kappa shape index (κ2) is 5.84. The number of nitrogens with one attached hydrogen (secondary N) is 1. The first kappa shape index (κ1) is 14.9. The van der Waals surface area contributed by atoms with E-state index in [1.807, 2.05) is 6.92 Å². The Bertz CT molecular complexity index is 567. The lowest BCUT2D eigenvalue weighted by Gasteiger charge is -2.31. The van der Waals surface area contributed by atoms with E-state index in [2.05, 4.69) is 10.4 Å². The molecular weight excluding hydrogens is 308 g/mol. The van der Waals surface area contributed by atoms with Crippen LogP contribution in [0.25, 0.3) is 0 Å². The van der Waals surface area contributed by atoms with Crippen molar-refractivity contribution in [2.45, 2.75) is 17.9 Å². The van der Waals surface area contributed by atoms with Gasteiger partial charge in [-0.05, 0) is 13.0 Å². The standard InChI is InChI=1S/C10H15ClN4O2S2/c1-7-6-18-3-2-15(7)19(16,17)8-4-9(11)10(14-12)13-5-8/h4-5,7H,2-3,6,12H2,1H3,(H,13,14). The predicted octanol–water partition coefficient (Wildman–Crippen LogP) is 1.15. The average molecular weight is 323 g/mol. The van der Waals surface area contributed by atoms with Gasteiger partial charge < -0.3 is 5.43 Å². The Morgan fingerprint density at radius 1 is 1.63 bits per heavy atom. The minimum Gasteiger partial charge on any atom is -0.307 e. The van der Waals surface area contributed by atoms with Gasteiger partial charge in [-0.1, -0.05) is 11.6 Å². The molecule has 1 fully saturated rings. The number of rotatable bonds is 3. The van der Waals surface area contributed by atoms with Crippen LogP contribution in [0.1, 0.15) is 6.92 Å². The molecule has 1 unspecified atom stereocenters. The van der Waals surface area contributed by atoms with E-state index in [9.17, 15) is 8.42 Å². The monoisotopic (exact) mass is 322 g/mol. The van der Waals surface area contributed by atoms with Gasteiger partial charge in [0.1, 0.15) is 4.90 Å². The van der Waals surface area contributed by atoms with E-state index < -0.39 is 10.0 Å². The van der Waals surface area contributed by atoms with E-state index in [-0.39, 0.29) is 21.8 Å². The number of nitrogen functional groups attached to an aromatic ring is 1. The minimum absolute atomic E-state index is 0.0326. The Kier molecular flexibility index (Phi) is 4.57. The minimum atomic E-state index is -3.55. The number of sulfonamides is 1. The third-order valence-electron chi connectivity index (χ3n) is 2.87. The summed E-state index contributed by atoms with van der Waals surface area (Å²) >= 11 is 7.67. The van der Waals surface area contributed by atoms with E-state index in [4.69, 9.17) is 17.4 Å². The average Bonchev–Trinajstić information content (AvgIpc) is 2.39. The first-order chi connectivity index (χ1) is 8.96. The van der Waals surface area contributed by atoms with E-state index >= 15 is 0 Å². The molecule has 0 radical (unpaired) electrons. The largest absolute Gasteiger partial charge is 0.307 e. The van der Waals surface area contributed by atoms with Gasteiger partial charge >= 0.3 is 0 Å². The van der Waals surface area contributed by atoms with Gasteiger partial charge in [0.2, 0.25) is 10.0 Å². The topological polar surface area (TPSA) is 88.3 Å². The molecule has 0 aromatic carbocycles. The second-order valence-corrected chi connectivity index (χ2v) is 7.63. The second-order valence-electron chi connectivity index (χ2n) is 4.19. The Hall–Kier alpha value is -0.540. The van der Waals surface area contributed by atoms with Crippen LogP contribution in [0.3, 0.4) is 0 Å². The van der Waals surface area contributed by atoms with Gasteiger partial charge in [0.05, 0.1) is 5.02 Å². The molecule has 106 valence electrons. The summed E-state index contributed by atoms with van der Waals surface area (Å²) in [5.41, 5.74) is 2.31. The van der Waals surface area contributed by atoms with Crippen molar-refractivity contribution >= 4 is 39.2 Å². The van der Waals surface area contributed by atoms with Crippen LogP contribution in [-0.4, -0.2) is 41.8 Å². The lowest BCUT2D eigenvalue weighted by molar-refractivity contribution is 0.367. The summed E-state index contributed by atoms with van der Waals surface area (Å²) in [6.07, 6.45) is 1.27. The number of aromatic nitrogens is 1. The summed E-state index contributed by atoms with van der Waals surface area (Å²) in [4.78, 5) is 4.00. The van der Waals surface area contributed by atoms with Gasteiger partial charge in [-0.15, -0.1) is 0 Å². The molecule has 6 nitrogen and oxygen atoms in total. The summed E-state index contributed by atoms with van der Waals surface area (Å²) in [5.74, 6) is 7.06. The highest BCUT2D eigenvalue weighted by molar-refractivity contribution is 7.99. The highest BCUT2D eigenvalue weighted by Crippen LogP contribution is 2.27. The molecule has 0 bridgehead atoms. The van der Waals surface area contributed by atoms with Crippen molar-refractivity contribution in [3.63, 3.8) is 0 Å². The van der Waals surface area contributed by atoms with Crippen LogP contribution in [0.5, 0.6) is 0 Å². The van der Waals surface area contributed by atoms with Crippen molar-refractivity contribution in [2.75, 3.05) is 23.5 Å². The van der Waals surface area contributed by atoms with Crippen molar-refractivity contribution in [1.82, 2.24) is 9.29 Å². The molecule has 1 aliphatic heterocycles. The van der Waals surface area contributed by atoms with E-state index in [0.29, 0.717) is 6.54 Å². The molecule has 1 aromatic heterocycles. The maximum atomic E-state index is 12.5. The summed E-state index contributed by atoms with van der Waals surface area (Å²) in [5, 5.41) is 0.183. The molecule has 9 heteroatoms. The Morgan fingerprint density at radius 3 is 2.95 bits per heavy atom. The van der Waals surface area contributed by atoms with Gasteiger partial charge in [-0.25, -0.2) is 19.2 Å². The number of anilines is 1. The fraction of sp³-hybridized carbons (Fsp3) is 0.500. The number of pyridine rings is 1. The molecule has 2 rings (SSSR count). The van der Waals surface area contributed by atoms with Crippen LogP contribution in [0.4, 0.5) is 5.82 Å². The van der Waals surface area contributed by atoms with Crippen molar-refractivity contribution in [3.8, 4) is 0 Å². The molecular formula is C10H15ClN4O2S2. The smallest absolute Gasteiger partial charge is 0.244 e. The molecule has 0 spiro atoms. The molecule has 3 N–H and O–H groups in total. The van der Waals surface area contributed by atoms with Gasteiger partial charge in [-0.3, -0.25) is 0 Å². The summed E-state index contributed by atoms with van der Waals surface area (Å²) in [6.45, 7) is 2.40. The Morgan fingerprint density at radius 2 is 2.37 bits per heavy atom. The number of hydrogen-bond donors (Lipinski definition) is 2. The molecule has 2 heterocycles. The molecule has 0 aliphatic carbocycles. The number of nitrogens with two attached hydrogens (primary N) is 1. The number of hydrogen-bond acceptors (Lipinski definition) is 6. The maximum Gasteiger partial charge on any atom is 0.244 e. The quantitative estimate of drug-likeness (QED) is 0.641. The molecule has 19 heavy (non-hydrogen) atoms. The lowest BCUT2D eigenvalue weighted by Crippen LogP contribution is -2.44. The van der Waals surface area contributed by atoms with Crippen molar-refractivity contribution in [1.29, 1.82) is 0 Å². The third kappa shape index (κ3) is 2.97. The zero-order chi connectivity index (χ0) is 14.0. The summed E-state index contributed by atoms with van der Waals surface area (Å²) < 4.78 is 26.5. The van der Waals surface area contributed by atoms with Gasteiger partial charge in [-0.2, -0.15) is 16.1 Å². The number of thioether (sulfide) groups is 1. The van der Waals surface area contributed by atoms with Crippen LogP contribution in [0, 0.1) is 0 Å². The maximum absolute atomic E-state index is 12.5. The predicted molar refractivity (Wildman–Crippen MR) is 77.7 cm³/mol.